The topological polar surface area (TPSA) is 91.3 Å². The average Bonchev–Trinajstić information content (AvgIpc) is 2.97. The minimum atomic E-state index is -4.57. The molecule has 2 aliphatic rings. The zero-order chi connectivity index (χ0) is 20.6. The van der Waals surface area contributed by atoms with Crippen LogP contribution in [0.25, 0.3) is 0 Å². The highest BCUT2D eigenvalue weighted by Crippen LogP contribution is 2.36. The van der Waals surface area contributed by atoms with Crippen LogP contribution >= 0.6 is 0 Å². The molecule has 1 atom stereocenters. The highest BCUT2D eigenvalue weighted by Gasteiger charge is 2.38. The highest BCUT2D eigenvalue weighted by molar-refractivity contribution is 5.50. The van der Waals surface area contributed by atoms with E-state index >= 15 is 0 Å². The molecular weight excluding hydrogens is 389 g/mol. The van der Waals surface area contributed by atoms with Gasteiger partial charge in [-0.15, -0.1) is 0 Å². The van der Waals surface area contributed by atoms with Crippen LogP contribution < -0.4 is 15.4 Å². The van der Waals surface area contributed by atoms with E-state index in [2.05, 4.69) is 15.1 Å². The third-order valence-electron chi connectivity index (χ3n) is 5.28. The van der Waals surface area contributed by atoms with Gasteiger partial charge in [0.05, 0.1) is 18.8 Å². The van der Waals surface area contributed by atoms with Gasteiger partial charge in [0.1, 0.15) is 29.8 Å². The molecule has 4 rings (SSSR count). The molecule has 1 saturated heterocycles. The average molecular weight is 412 g/mol. The van der Waals surface area contributed by atoms with E-state index in [1.165, 1.54) is 11.3 Å². The molecule has 1 saturated carbocycles. The number of nitrogen functional groups attached to an aromatic ring is 1. The fraction of sp³-hybridized carbons (Fsp3) is 0.611. The Bertz CT molecular complexity index is 868. The first kappa shape index (κ1) is 19.7. The summed E-state index contributed by atoms with van der Waals surface area (Å²) in [4.78, 5) is 8.84. The normalized spacial score (nSPS) is 20.6. The standard InChI is InChI=1S/C18H23F3N6O2/c1-11-15(9-27(25-11)12-3-2-4-12)29-10-13-8-26(5-6-28-13)16-14(18(19,20)21)7-23-17(22)24-16/h7,9,12-13H,2-6,8,10H2,1H3,(H2,22,23,24). The molecule has 158 valence electrons. The molecule has 0 radical (unpaired) electrons. The van der Waals surface area contributed by atoms with Gasteiger partial charge in [-0.25, -0.2) is 4.98 Å². The van der Waals surface area contributed by atoms with E-state index in [1.807, 2.05) is 17.8 Å². The zero-order valence-electron chi connectivity index (χ0n) is 16.0. The molecular formula is C18H23F3N6O2. The van der Waals surface area contributed by atoms with Crippen molar-refractivity contribution < 1.29 is 22.6 Å². The number of halogens is 3. The lowest BCUT2D eigenvalue weighted by molar-refractivity contribution is -0.137. The van der Waals surface area contributed by atoms with E-state index in [1.54, 1.807) is 0 Å². The SMILES string of the molecule is Cc1nn(C2CCC2)cc1OCC1CN(c2nc(N)ncc2C(F)(F)F)CCO1. The van der Waals surface area contributed by atoms with Gasteiger partial charge < -0.3 is 20.1 Å². The Morgan fingerprint density at radius 3 is 2.83 bits per heavy atom. The number of anilines is 2. The van der Waals surface area contributed by atoms with Gasteiger partial charge in [-0.1, -0.05) is 0 Å². The molecule has 0 aromatic carbocycles. The molecule has 2 aromatic heterocycles. The minimum Gasteiger partial charge on any atom is -0.487 e. The number of nitrogens with two attached hydrogens (primary N) is 1. The van der Waals surface area contributed by atoms with Crippen LogP contribution in [-0.4, -0.2) is 52.2 Å². The summed E-state index contributed by atoms with van der Waals surface area (Å²) >= 11 is 0. The van der Waals surface area contributed by atoms with Crippen LogP contribution in [0.4, 0.5) is 24.9 Å². The molecule has 0 spiro atoms. The summed E-state index contributed by atoms with van der Waals surface area (Å²) in [5, 5.41) is 4.49. The molecule has 0 amide bonds. The maximum absolute atomic E-state index is 13.3. The first-order chi connectivity index (χ1) is 13.8. The van der Waals surface area contributed by atoms with Crippen molar-refractivity contribution in [3.8, 4) is 5.75 Å². The lowest BCUT2D eigenvalue weighted by Gasteiger charge is -2.34. The summed E-state index contributed by atoms with van der Waals surface area (Å²) in [6, 6.07) is 0.427. The fourth-order valence-corrected chi connectivity index (χ4v) is 3.47. The van der Waals surface area contributed by atoms with Crippen LogP contribution in [0, 0.1) is 6.92 Å². The number of rotatable bonds is 5. The van der Waals surface area contributed by atoms with Gasteiger partial charge in [0.25, 0.3) is 0 Å². The largest absolute Gasteiger partial charge is 0.487 e. The van der Waals surface area contributed by atoms with Crippen molar-refractivity contribution in [1.82, 2.24) is 19.7 Å². The Labute approximate surface area is 165 Å². The lowest BCUT2D eigenvalue weighted by Crippen LogP contribution is -2.46. The predicted molar refractivity (Wildman–Crippen MR) is 98.7 cm³/mol. The Hall–Kier alpha value is -2.56. The molecule has 11 heteroatoms. The van der Waals surface area contributed by atoms with Crippen molar-refractivity contribution in [2.24, 2.45) is 0 Å². The first-order valence-corrected chi connectivity index (χ1v) is 9.56. The predicted octanol–water partition coefficient (Wildman–Crippen LogP) is 2.59. The number of morpholine rings is 1. The second-order valence-electron chi connectivity index (χ2n) is 7.36. The Morgan fingerprint density at radius 1 is 1.34 bits per heavy atom. The first-order valence-electron chi connectivity index (χ1n) is 9.56. The molecule has 3 heterocycles. The van der Waals surface area contributed by atoms with Gasteiger partial charge in [-0.3, -0.25) is 4.68 Å². The van der Waals surface area contributed by atoms with E-state index in [0.717, 1.165) is 24.7 Å². The van der Waals surface area contributed by atoms with Crippen LogP contribution in [0.2, 0.25) is 0 Å². The summed E-state index contributed by atoms with van der Waals surface area (Å²) in [6.45, 7) is 2.81. The number of hydrogen-bond acceptors (Lipinski definition) is 7. The quantitative estimate of drug-likeness (QED) is 0.807. The Kier molecular flexibility index (Phi) is 5.24. The summed E-state index contributed by atoms with van der Waals surface area (Å²) in [6.07, 6.45) is 1.06. The second kappa shape index (κ2) is 7.69. The minimum absolute atomic E-state index is 0.202. The van der Waals surface area contributed by atoms with Gasteiger partial charge in [-0.05, 0) is 26.2 Å². The summed E-state index contributed by atoms with van der Waals surface area (Å²) in [7, 11) is 0. The number of alkyl halides is 3. The maximum Gasteiger partial charge on any atom is 0.421 e. The van der Waals surface area contributed by atoms with Crippen LogP contribution in [0.3, 0.4) is 0 Å². The van der Waals surface area contributed by atoms with Crippen molar-refractivity contribution in [3.63, 3.8) is 0 Å². The highest BCUT2D eigenvalue weighted by atomic mass is 19.4. The third-order valence-corrected chi connectivity index (χ3v) is 5.28. The molecule has 2 aromatic rings. The molecule has 1 aliphatic heterocycles. The molecule has 8 nitrogen and oxygen atoms in total. The maximum atomic E-state index is 13.3. The van der Waals surface area contributed by atoms with Crippen molar-refractivity contribution in [2.75, 3.05) is 36.9 Å². The molecule has 29 heavy (non-hydrogen) atoms. The van der Waals surface area contributed by atoms with Gasteiger partial charge in [-0.2, -0.15) is 23.3 Å². The number of aromatic nitrogens is 4. The monoisotopic (exact) mass is 412 g/mol. The van der Waals surface area contributed by atoms with Crippen molar-refractivity contribution >= 4 is 11.8 Å². The molecule has 2 N–H and O–H groups in total. The van der Waals surface area contributed by atoms with Crippen LogP contribution in [0.5, 0.6) is 5.75 Å². The summed E-state index contributed by atoms with van der Waals surface area (Å²) in [5.74, 6) is 0.235. The summed E-state index contributed by atoms with van der Waals surface area (Å²) < 4.78 is 53.5. The van der Waals surface area contributed by atoms with Gasteiger partial charge in [0, 0.05) is 19.3 Å². The van der Waals surface area contributed by atoms with E-state index in [9.17, 15) is 13.2 Å². The number of nitrogens with zero attached hydrogens (tertiary/aromatic N) is 5. The Balaban J connectivity index is 1.43. The fourth-order valence-electron chi connectivity index (χ4n) is 3.47. The van der Waals surface area contributed by atoms with E-state index < -0.39 is 17.8 Å². The lowest BCUT2D eigenvalue weighted by atomic mass is 9.93. The van der Waals surface area contributed by atoms with Crippen LogP contribution in [-0.2, 0) is 10.9 Å². The van der Waals surface area contributed by atoms with Gasteiger partial charge in [0.2, 0.25) is 5.95 Å². The third kappa shape index (κ3) is 4.24. The van der Waals surface area contributed by atoms with Crippen LogP contribution in [0.1, 0.15) is 36.6 Å². The molecule has 1 unspecified atom stereocenters. The smallest absolute Gasteiger partial charge is 0.421 e. The number of ether oxygens (including phenoxy) is 2. The number of hydrogen-bond donors (Lipinski definition) is 1. The van der Waals surface area contributed by atoms with E-state index in [-0.39, 0.29) is 38.1 Å². The summed E-state index contributed by atoms with van der Waals surface area (Å²) in [5.41, 5.74) is 5.40. The van der Waals surface area contributed by atoms with Crippen molar-refractivity contribution in [1.29, 1.82) is 0 Å². The van der Waals surface area contributed by atoms with Crippen molar-refractivity contribution in [2.45, 2.75) is 44.5 Å². The van der Waals surface area contributed by atoms with E-state index in [4.69, 9.17) is 15.2 Å². The second-order valence-corrected chi connectivity index (χ2v) is 7.36. The van der Waals surface area contributed by atoms with Crippen LogP contribution in [0.15, 0.2) is 12.4 Å². The molecule has 1 aliphatic carbocycles. The van der Waals surface area contributed by atoms with Crippen molar-refractivity contribution in [3.05, 3.63) is 23.7 Å². The Morgan fingerprint density at radius 2 is 2.14 bits per heavy atom. The molecule has 2 fully saturated rings. The van der Waals surface area contributed by atoms with E-state index in [0.29, 0.717) is 11.8 Å². The van der Waals surface area contributed by atoms with Gasteiger partial charge in [0.15, 0.2) is 5.75 Å². The van der Waals surface area contributed by atoms with Gasteiger partial charge >= 0.3 is 6.18 Å². The zero-order valence-corrected chi connectivity index (χ0v) is 16.0. The number of aryl methyl sites for hydroxylation is 1. The molecule has 0 bridgehead atoms.